The lowest BCUT2D eigenvalue weighted by Gasteiger charge is -2.19. The average molecular weight is 335 g/mol. The lowest BCUT2D eigenvalue weighted by molar-refractivity contribution is 0.442. The average Bonchev–Trinajstić information content (AvgIpc) is 2.40. The van der Waals surface area contributed by atoms with Crippen LogP contribution in [0.4, 0.5) is 17.5 Å². The van der Waals surface area contributed by atoms with E-state index in [1.54, 1.807) is 6.20 Å². The van der Waals surface area contributed by atoms with E-state index in [0.717, 1.165) is 22.5 Å². The van der Waals surface area contributed by atoms with Gasteiger partial charge in [0.05, 0.1) is 4.47 Å². The fraction of sp³-hybridized carbons (Fsp3) is 0.333. The van der Waals surface area contributed by atoms with E-state index in [2.05, 4.69) is 57.3 Å². The zero-order chi connectivity index (χ0) is 14.6. The minimum Gasteiger partial charge on any atom is -0.354 e. The first-order valence-corrected chi connectivity index (χ1v) is 7.32. The molecule has 20 heavy (non-hydrogen) atoms. The van der Waals surface area contributed by atoms with Crippen LogP contribution in [0.5, 0.6) is 0 Å². The van der Waals surface area contributed by atoms with Crippen LogP contribution in [0.2, 0.25) is 0 Å². The largest absolute Gasteiger partial charge is 0.354 e. The Balaban J connectivity index is 2.13. The van der Waals surface area contributed by atoms with Gasteiger partial charge in [0.15, 0.2) is 0 Å². The molecule has 106 valence electrons. The van der Waals surface area contributed by atoms with Gasteiger partial charge in [-0.25, -0.2) is 4.98 Å². The number of hydrogen-bond acceptors (Lipinski definition) is 4. The Morgan fingerprint density at radius 3 is 2.50 bits per heavy atom. The smallest absolute Gasteiger partial charge is 0.224 e. The highest BCUT2D eigenvalue weighted by atomic mass is 79.9. The topological polar surface area (TPSA) is 49.8 Å². The second-order valence-electron chi connectivity index (χ2n) is 5.80. The van der Waals surface area contributed by atoms with E-state index in [-0.39, 0.29) is 5.41 Å². The summed E-state index contributed by atoms with van der Waals surface area (Å²) in [5.74, 6) is 1.38. The summed E-state index contributed by atoms with van der Waals surface area (Å²) in [5.41, 5.74) is 1.18. The molecule has 0 atom stereocenters. The Morgan fingerprint density at radius 2 is 1.85 bits per heavy atom. The van der Waals surface area contributed by atoms with Crippen molar-refractivity contribution in [3.63, 3.8) is 0 Å². The quantitative estimate of drug-likeness (QED) is 0.867. The molecule has 2 N–H and O–H groups in total. The van der Waals surface area contributed by atoms with Gasteiger partial charge in [-0.3, -0.25) is 0 Å². The molecule has 0 saturated carbocycles. The molecule has 5 heteroatoms. The fourth-order valence-electron chi connectivity index (χ4n) is 1.54. The van der Waals surface area contributed by atoms with E-state index < -0.39 is 0 Å². The molecule has 0 fully saturated rings. The summed E-state index contributed by atoms with van der Waals surface area (Å²) in [6.07, 6.45) is 1.75. The monoisotopic (exact) mass is 334 g/mol. The Kier molecular flexibility index (Phi) is 4.60. The van der Waals surface area contributed by atoms with Crippen molar-refractivity contribution in [2.45, 2.75) is 20.8 Å². The first kappa shape index (κ1) is 14.8. The van der Waals surface area contributed by atoms with Crippen LogP contribution in [0, 0.1) is 5.41 Å². The third kappa shape index (κ3) is 4.49. The molecule has 0 aliphatic rings. The fourth-order valence-corrected chi connectivity index (χ4v) is 1.83. The van der Waals surface area contributed by atoms with E-state index in [9.17, 15) is 0 Å². The van der Waals surface area contributed by atoms with E-state index in [0.29, 0.717) is 5.95 Å². The van der Waals surface area contributed by atoms with Gasteiger partial charge in [0.1, 0.15) is 5.82 Å². The summed E-state index contributed by atoms with van der Waals surface area (Å²) >= 11 is 3.46. The second kappa shape index (κ2) is 6.22. The standard InChI is InChI=1S/C15H19BrN4/c1-15(2,3)10-18-14-17-9-12(16)13(20-14)19-11-7-5-4-6-8-11/h4-9H,10H2,1-3H3,(H2,17,18,19,20). The van der Waals surface area contributed by atoms with Crippen LogP contribution < -0.4 is 10.6 Å². The highest BCUT2D eigenvalue weighted by molar-refractivity contribution is 9.10. The molecule has 0 amide bonds. The third-order valence-electron chi connectivity index (χ3n) is 2.56. The molecule has 0 unspecified atom stereocenters. The summed E-state index contributed by atoms with van der Waals surface area (Å²) in [6.45, 7) is 7.32. The van der Waals surface area contributed by atoms with E-state index >= 15 is 0 Å². The first-order chi connectivity index (χ1) is 9.44. The molecule has 0 bridgehead atoms. The predicted molar refractivity (Wildman–Crippen MR) is 87.4 cm³/mol. The minimum absolute atomic E-state index is 0.184. The minimum atomic E-state index is 0.184. The molecule has 2 rings (SSSR count). The van der Waals surface area contributed by atoms with Crippen molar-refractivity contribution >= 4 is 33.4 Å². The molecule has 0 spiro atoms. The Labute approximate surface area is 128 Å². The molecular formula is C15H19BrN4. The zero-order valence-corrected chi connectivity index (χ0v) is 13.5. The number of halogens is 1. The van der Waals surface area contributed by atoms with E-state index in [1.165, 1.54) is 0 Å². The maximum atomic E-state index is 4.49. The highest BCUT2D eigenvalue weighted by Crippen LogP contribution is 2.24. The van der Waals surface area contributed by atoms with Gasteiger partial charge < -0.3 is 10.6 Å². The number of hydrogen-bond donors (Lipinski definition) is 2. The summed E-state index contributed by atoms with van der Waals surface area (Å²) in [4.78, 5) is 8.76. The summed E-state index contributed by atoms with van der Waals surface area (Å²) in [6, 6.07) is 9.94. The Morgan fingerprint density at radius 1 is 1.15 bits per heavy atom. The Hall–Kier alpha value is -1.62. The molecule has 1 heterocycles. The normalized spacial score (nSPS) is 11.2. The van der Waals surface area contributed by atoms with Gasteiger partial charge in [0, 0.05) is 18.4 Å². The van der Waals surface area contributed by atoms with Gasteiger partial charge in [-0.05, 0) is 33.5 Å². The molecule has 0 saturated heterocycles. The number of rotatable bonds is 4. The highest BCUT2D eigenvalue weighted by Gasteiger charge is 2.11. The van der Waals surface area contributed by atoms with E-state index in [1.807, 2.05) is 30.3 Å². The van der Waals surface area contributed by atoms with E-state index in [4.69, 9.17) is 0 Å². The number of benzene rings is 1. The van der Waals surface area contributed by atoms with Gasteiger partial charge in [0.2, 0.25) is 5.95 Å². The maximum absolute atomic E-state index is 4.49. The van der Waals surface area contributed by atoms with Crippen molar-refractivity contribution in [3.8, 4) is 0 Å². The third-order valence-corrected chi connectivity index (χ3v) is 3.14. The van der Waals surface area contributed by atoms with Crippen LogP contribution in [0.15, 0.2) is 41.0 Å². The van der Waals surface area contributed by atoms with Crippen LogP contribution >= 0.6 is 15.9 Å². The van der Waals surface area contributed by atoms with Crippen LogP contribution in [0.1, 0.15) is 20.8 Å². The van der Waals surface area contributed by atoms with Gasteiger partial charge in [0.25, 0.3) is 0 Å². The number of anilines is 3. The van der Waals surface area contributed by atoms with Crippen molar-refractivity contribution in [3.05, 3.63) is 41.0 Å². The maximum Gasteiger partial charge on any atom is 0.224 e. The summed E-state index contributed by atoms with van der Waals surface area (Å²) < 4.78 is 0.836. The molecule has 0 aliphatic heterocycles. The van der Waals surface area contributed by atoms with Gasteiger partial charge >= 0.3 is 0 Å². The van der Waals surface area contributed by atoms with Crippen LogP contribution in [-0.2, 0) is 0 Å². The van der Waals surface area contributed by atoms with Crippen molar-refractivity contribution in [1.29, 1.82) is 0 Å². The SMILES string of the molecule is CC(C)(C)CNc1ncc(Br)c(Nc2ccccc2)n1. The van der Waals surface area contributed by atoms with Crippen molar-refractivity contribution in [1.82, 2.24) is 9.97 Å². The molecule has 0 aliphatic carbocycles. The van der Waals surface area contributed by atoms with Gasteiger partial charge in [-0.15, -0.1) is 0 Å². The summed E-state index contributed by atoms with van der Waals surface area (Å²) in [5, 5.41) is 6.53. The molecule has 4 nitrogen and oxygen atoms in total. The van der Waals surface area contributed by atoms with Crippen molar-refractivity contribution in [2.75, 3.05) is 17.2 Å². The van der Waals surface area contributed by atoms with Crippen LogP contribution in [0.3, 0.4) is 0 Å². The number of aromatic nitrogens is 2. The summed E-state index contributed by atoms with van der Waals surface area (Å²) in [7, 11) is 0. The molecule has 0 radical (unpaired) electrons. The zero-order valence-electron chi connectivity index (χ0n) is 11.9. The van der Waals surface area contributed by atoms with Crippen molar-refractivity contribution in [2.24, 2.45) is 5.41 Å². The molecule has 1 aromatic carbocycles. The lowest BCUT2D eigenvalue weighted by Crippen LogP contribution is -2.20. The van der Waals surface area contributed by atoms with Crippen molar-refractivity contribution < 1.29 is 0 Å². The molecule has 1 aromatic heterocycles. The predicted octanol–water partition coefficient (Wildman–Crippen LogP) is 4.44. The second-order valence-corrected chi connectivity index (χ2v) is 6.65. The van der Waals surface area contributed by atoms with Crippen LogP contribution in [-0.4, -0.2) is 16.5 Å². The molecule has 2 aromatic rings. The number of para-hydroxylation sites is 1. The number of nitrogens with one attached hydrogen (secondary N) is 2. The van der Waals surface area contributed by atoms with Gasteiger partial charge in [-0.1, -0.05) is 39.0 Å². The number of nitrogens with zero attached hydrogens (tertiary/aromatic N) is 2. The first-order valence-electron chi connectivity index (χ1n) is 6.52. The van der Waals surface area contributed by atoms with Gasteiger partial charge in [-0.2, -0.15) is 4.98 Å². The lowest BCUT2D eigenvalue weighted by atomic mass is 9.97. The molecular weight excluding hydrogens is 316 g/mol. The van der Waals surface area contributed by atoms with Crippen LogP contribution in [0.25, 0.3) is 0 Å². The Bertz CT molecular complexity index is 564.